The van der Waals surface area contributed by atoms with E-state index < -0.39 is 17.4 Å². The zero-order valence-corrected chi connectivity index (χ0v) is 17.1. The van der Waals surface area contributed by atoms with Gasteiger partial charge in [-0.3, -0.25) is 9.59 Å². The topological polar surface area (TPSA) is 78.5 Å². The molecule has 2 saturated heterocycles. The highest BCUT2D eigenvalue weighted by Crippen LogP contribution is 2.52. The van der Waals surface area contributed by atoms with E-state index in [-0.39, 0.29) is 17.9 Å². The van der Waals surface area contributed by atoms with E-state index in [4.69, 9.17) is 4.74 Å². The Labute approximate surface area is 166 Å². The molecule has 1 aromatic heterocycles. The Morgan fingerprint density at radius 3 is 2.86 bits per heavy atom. The molecule has 2 fully saturated rings. The number of carbonyl (C=O) groups is 2. The number of hydrogen-bond donors (Lipinski definition) is 1. The maximum absolute atomic E-state index is 13.3. The summed E-state index contributed by atoms with van der Waals surface area (Å²) >= 11 is 0. The van der Waals surface area contributed by atoms with Crippen molar-refractivity contribution in [2.45, 2.75) is 51.9 Å². The molecular weight excluding hydrogens is 356 g/mol. The van der Waals surface area contributed by atoms with Crippen LogP contribution in [0.3, 0.4) is 0 Å². The highest BCUT2D eigenvalue weighted by molar-refractivity contribution is 5.93. The van der Waals surface area contributed by atoms with Crippen LogP contribution in [0.5, 0.6) is 0 Å². The average molecular weight is 386 g/mol. The van der Waals surface area contributed by atoms with Crippen LogP contribution in [0.25, 0.3) is 0 Å². The van der Waals surface area contributed by atoms with E-state index in [0.717, 1.165) is 30.9 Å². The van der Waals surface area contributed by atoms with Crippen LogP contribution in [-0.2, 0) is 20.9 Å². The second-order valence-electron chi connectivity index (χ2n) is 8.51. The molecule has 7 heteroatoms. The molecule has 0 saturated carbocycles. The summed E-state index contributed by atoms with van der Waals surface area (Å²) in [6, 6.07) is 0. The number of hydrogen-bond acceptors (Lipinski definition) is 4. The third kappa shape index (κ3) is 2.96. The number of amides is 2. The molecule has 4 heterocycles. The van der Waals surface area contributed by atoms with Crippen molar-refractivity contribution in [1.82, 2.24) is 19.8 Å². The van der Waals surface area contributed by atoms with Crippen LogP contribution < -0.4 is 0 Å². The van der Waals surface area contributed by atoms with Crippen LogP contribution >= 0.6 is 0 Å². The summed E-state index contributed by atoms with van der Waals surface area (Å²) in [5, 5.41) is 0. The molecule has 2 amide bonds. The quantitative estimate of drug-likeness (QED) is 0.726. The number of aryl methyl sites for hydroxylation is 1. The van der Waals surface area contributed by atoms with Gasteiger partial charge in [-0.25, -0.2) is 4.98 Å². The molecule has 0 aliphatic carbocycles. The molecule has 4 rings (SSSR count). The minimum Gasteiger partial charge on any atom is -0.360 e. The first kappa shape index (κ1) is 19.2. The molecule has 3 aliphatic rings. The highest BCUT2D eigenvalue weighted by Gasteiger charge is 2.67. The minimum atomic E-state index is -0.629. The van der Waals surface area contributed by atoms with Crippen LogP contribution in [0.1, 0.15) is 38.2 Å². The summed E-state index contributed by atoms with van der Waals surface area (Å²) in [5.74, 6) is 0.387. The largest absolute Gasteiger partial charge is 0.360 e. The van der Waals surface area contributed by atoms with Gasteiger partial charge in [-0.15, -0.1) is 0 Å². The van der Waals surface area contributed by atoms with Crippen LogP contribution in [0.2, 0.25) is 0 Å². The minimum absolute atomic E-state index is 0.0481. The van der Waals surface area contributed by atoms with E-state index in [9.17, 15) is 9.59 Å². The number of aromatic amines is 1. The Balaban J connectivity index is 1.52. The molecule has 28 heavy (non-hydrogen) atoms. The summed E-state index contributed by atoms with van der Waals surface area (Å²) < 4.78 is 6.23. The first-order chi connectivity index (χ1) is 13.4. The molecule has 7 nitrogen and oxygen atoms in total. The van der Waals surface area contributed by atoms with Crippen molar-refractivity contribution in [1.29, 1.82) is 0 Å². The van der Waals surface area contributed by atoms with E-state index >= 15 is 0 Å². The van der Waals surface area contributed by atoms with Gasteiger partial charge in [0, 0.05) is 25.5 Å². The molecule has 3 aliphatic heterocycles. The van der Waals surface area contributed by atoms with E-state index in [0.29, 0.717) is 19.0 Å². The molecule has 0 unspecified atom stereocenters. The van der Waals surface area contributed by atoms with E-state index in [1.165, 1.54) is 0 Å². The Morgan fingerprint density at radius 2 is 2.21 bits per heavy atom. The summed E-state index contributed by atoms with van der Waals surface area (Å²) in [4.78, 5) is 37.6. The Hall–Kier alpha value is -2.15. The van der Waals surface area contributed by atoms with Crippen molar-refractivity contribution < 1.29 is 14.3 Å². The van der Waals surface area contributed by atoms with Gasteiger partial charge in [0.2, 0.25) is 11.8 Å². The summed E-state index contributed by atoms with van der Waals surface area (Å²) in [7, 11) is 1.77. The van der Waals surface area contributed by atoms with Crippen molar-refractivity contribution >= 4 is 11.8 Å². The van der Waals surface area contributed by atoms with Crippen molar-refractivity contribution in [2.24, 2.45) is 17.8 Å². The molecule has 1 aromatic rings. The first-order valence-electron chi connectivity index (χ1n) is 10.3. The van der Waals surface area contributed by atoms with Crippen molar-refractivity contribution in [3.05, 3.63) is 29.9 Å². The standard InChI is InChI=1S/C21H30N4O3/c1-5-14(6-2)10-25-12-21-8-7-15(28-21)17(18(21)20(25)27)19(26)24(4)11-16-22-9-13(3)23-16/h7-9,14-15,17-18H,5-6,10-12H2,1-4H3,(H,22,23)/t15-,17+,18+,21-/m0/s1. The van der Waals surface area contributed by atoms with Gasteiger partial charge in [0.1, 0.15) is 11.4 Å². The molecule has 0 aromatic carbocycles. The number of aromatic nitrogens is 2. The number of rotatable bonds is 7. The fourth-order valence-electron chi connectivity index (χ4n) is 4.98. The van der Waals surface area contributed by atoms with Gasteiger partial charge in [-0.2, -0.15) is 0 Å². The van der Waals surface area contributed by atoms with Crippen LogP contribution in [0.4, 0.5) is 0 Å². The molecule has 0 radical (unpaired) electrons. The Kier molecular flexibility index (Phi) is 4.81. The second-order valence-corrected chi connectivity index (χ2v) is 8.51. The van der Waals surface area contributed by atoms with Gasteiger partial charge in [0.25, 0.3) is 0 Å². The van der Waals surface area contributed by atoms with Crippen LogP contribution in [0, 0.1) is 24.7 Å². The number of fused-ring (bicyclic) bond motifs is 1. The Morgan fingerprint density at radius 1 is 1.46 bits per heavy atom. The first-order valence-corrected chi connectivity index (χ1v) is 10.3. The third-order valence-corrected chi connectivity index (χ3v) is 6.62. The monoisotopic (exact) mass is 386 g/mol. The van der Waals surface area contributed by atoms with Crippen molar-refractivity contribution in [3.63, 3.8) is 0 Å². The average Bonchev–Trinajstić information content (AvgIpc) is 3.41. The number of carbonyl (C=O) groups excluding carboxylic acids is 2. The van der Waals surface area contributed by atoms with E-state index in [2.05, 4.69) is 23.8 Å². The van der Waals surface area contributed by atoms with Gasteiger partial charge in [-0.1, -0.05) is 38.8 Å². The number of imidazole rings is 1. The molecular formula is C21H30N4O3. The fraction of sp³-hybridized carbons (Fsp3) is 0.667. The second kappa shape index (κ2) is 7.03. The van der Waals surface area contributed by atoms with Crippen LogP contribution in [-0.4, -0.2) is 63.4 Å². The normalized spacial score (nSPS) is 30.5. The molecule has 152 valence electrons. The molecule has 2 bridgehead atoms. The third-order valence-electron chi connectivity index (χ3n) is 6.62. The maximum atomic E-state index is 13.3. The smallest absolute Gasteiger partial charge is 0.230 e. The highest BCUT2D eigenvalue weighted by atomic mass is 16.5. The summed E-state index contributed by atoms with van der Waals surface area (Å²) in [6.07, 6.45) is 7.53. The lowest BCUT2D eigenvalue weighted by molar-refractivity contribution is -0.143. The maximum Gasteiger partial charge on any atom is 0.230 e. The lowest BCUT2D eigenvalue weighted by Crippen LogP contribution is -2.44. The summed E-state index contributed by atoms with van der Waals surface area (Å²) in [5.41, 5.74) is 0.333. The SMILES string of the molecule is CCC(CC)CN1C[C@]23C=C[C@H](O2)[C@@H](C(=O)N(C)Cc2ncc(C)[nH]2)[C@@H]3C1=O. The van der Waals surface area contributed by atoms with Gasteiger partial charge in [-0.05, 0) is 12.8 Å². The van der Waals surface area contributed by atoms with E-state index in [1.54, 1.807) is 18.1 Å². The van der Waals surface area contributed by atoms with Gasteiger partial charge < -0.3 is 19.5 Å². The number of ether oxygens (including phenoxy) is 1. The predicted octanol–water partition coefficient (Wildman–Crippen LogP) is 1.89. The van der Waals surface area contributed by atoms with Crippen LogP contribution in [0.15, 0.2) is 18.3 Å². The van der Waals surface area contributed by atoms with Crippen molar-refractivity contribution in [2.75, 3.05) is 20.1 Å². The number of nitrogens with one attached hydrogen (secondary N) is 1. The zero-order valence-electron chi connectivity index (χ0n) is 17.1. The molecule has 4 atom stereocenters. The number of likely N-dealkylation sites (tertiary alicyclic amines) is 1. The lowest BCUT2D eigenvalue weighted by atomic mass is 9.76. The zero-order chi connectivity index (χ0) is 20.1. The van der Waals surface area contributed by atoms with Gasteiger partial charge >= 0.3 is 0 Å². The summed E-state index contributed by atoms with van der Waals surface area (Å²) in [6.45, 7) is 7.95. The number of nitrogens with zero attached hydrogens (tertiary/aromatic N) is 3. The lowest BCUT2D eigenvalue weighted by Gasteiger charge is -2.27. The van der Waals surface area contributed by atoms with Gasteiger partial charge in [0.15, 0.2) is 0 Å². The number of H-pyrrole nitrogens is 1. The van der Waals surface area contributed by atoms with Gasteiger partial charge in [0.05, 0.1) is 31.0 Å². The molecule has 1 N–H and O–H groups in total. The molecule has 1 spiro atoms. The Bertz CT molecular complexity index is 799. The fourth-order valence-corrected chi connectivity index (χ4v) is 4.98. The predicted molar refractivity (Wildman–Crippen MR) is 104 cm³/mol. The van der Waals surface area contributed by atoms with Crippen molar-refractivity contribution in [3.8, 4) is 0 Å². The van der Waals surface area contributed by atoms with E-state index in [1.807, 2.05) is 24.0 Å².